The Morgan fingerprint density at radius 3 is 2.55 bits per heavy atom. The van der Waals surface area contributed by atoms with Crippen molar-refractivity contribution >= 4 is 17.5 Å². The summed E-state index contributed by atoms with van der Waals surface area (Å²) in [5.74, 6) is 1.58. The third-order valence-electron chi connectivity index (χ3n) is 2.77. The van der Waals surface area contributed by atoms with Crippen molar-refractivity contribution in [2.24, 2.45) is 0 Å². The second-order valence-corrected chi connectivity index (χ2v) is 5.95. The van der Waals surface area contributed by atoms with Crippen LogP contribution in [0.15, 0.2) is 27.8 Å². The summed E-state index contributed by atoms with van der Waals surface area (Å²) in [6, 6.07) is 6.17. The fourth-order valence-electron chi connectivity index (χ4n) is 1.96. The van der Waals surface area contributed by atoms with E-state index in [9.17, 15) is 4.79 Å². The van der Waals surface area contributed by atoms with Gasteiger partial charge in [0.1, 0.15) is 5.78 Å². The van der Waals surface area contributed by atoms with Crippen LogP contribution in [-0.4, -0.2) is 21.7 Å². The van der Waals surface area contributed by atoms with Gasteiger partial charge in [0, 0.05) is 17.7 Å². The highest BCUT2D eigenvalue weighted by molar-refractivity contribution is 7.99. The van der Waals surface area contributed by atoms with Crippen LogP contribution in [0.1, 0.15) is 30.9 Å². The maximum atomic E-state index is 10.8. The first-order valence-corrected chi connectivity index (χ1v) is 7.57. The number of nitrogens with zero attached hydrogens (tertiary/aromatic N) is 2. The van der Waals surface area contributed by atoms with Crippen molar-refractivity contribution in [3.8, 4) is 11.5 Å². The fourth-order valence-corrected chi connectivity index (χ4v) is 2.66. The Morgan fingerprint density at radius 1 is 1.20 bits per heavy atom. The summed E-state index contributed by atoms with van der Waals surface area (Å²) in [5, 5.41) is 8.67. The number of carbonyl (C=O) groups excluding carboxylic acids is 1. The number of carbonyl (C=O) groups is 1. The molecule has 0 saturated heterocycles. The molecular weight excluding hydrogens is 272 g/mol. The van der Waals surface area contributed by atoms with Gasteiger partial charge in [-0.15, -0.1) is 10.2 Å². The minimum Gasteiger partial charge on any atom is -0.411 e. The first-order chi connectivity index (χ1) is 9.54. The van der Waals surface area contributed by atoms with E-state index in [-0.39, 0.29) is 5.78 Å². The van der Waals surface area contributed by atoms with Crippen molar-refractivity contribution in [3.63, 3.8) is 0 Å². The van der Waals surface area contributed by atoms with Crippen molar-refractivity contribution in [1.82, 2.24) is 10.2 Å². The van der Waals surface area contributed by atoms with Gasteiger partial charge in [-0.1, -0.05) is 29.0 Å². The van der Waals surface area contributed by atoms with Gasteiger partial charge in [0.05, 0.1) is 0 Å². The summed E-state index contributed by atoms with van der Waals surface area (Å²) >= 11 is 1.49. The molecule has 0 radical (unpaired) electrons. The highest BCUT2D eigenvalue weighted by Crippen LogP contribution is 2.25. The van der Waals surface area contributed by atoms with E-state index in [2.05, 4.69) is 16.3 Å². The number of hydrogen-bond donors (Lipinski definition) is 0. The zero-order chi connectivity index (χ0) is 14.5. The van der Waals surface area contributed by atoms with E-state index in [0.29, 0.717) is 17.5 Å². The minimum atomic E-state index is 0.215. The molecule has 4 nitrogen and oxygen atoms in total. The van der Waals surface area contributed by atoms with Crippen molar-refractivity contribution in [1.29, 1.82) is 0 Å². The second-order valence-electron chi connectivity index (χ2n) is 4.90. The molecule has 5 heteroatoms. The minimum absolute atomic E-state index is 0.215. The van der Waals surface area contributed by atoms with E-state index >= 15 is 0 Å². The number of thioether (sulfide) groups is 1. The molecule has 0 fully saturated rings. The van der Waals surface area contributed by atoms with E-state index in [1.807, 2.05) is 26.0 Å². The van der Waals surface area contributed by atoms with Gasteiger partial charge in [0.25, 0.3) is 5.22 Å². The quantitative estimate of drug-likeness (QED) is 0.598. The van der Waals surface area contributed by atoms with Gasteiger partial charge < -0.3 is 9.21 Å². The SMILES string of the molecule is CC(=O)CCCSc1nnc(-c2cc(C)cc(C)c2)o1. The first-order valence-electron chi connectivity index (χ1n) is 6.59. The normalized spacial score (nSPS) is 10.8. The number of benzene rings is 1. The largest absolute Gasteiger partial charge is 0.411 e. The van der Waals surface area contributed by atoms with Gasteiger partial charge in [0.15, 0.2) is 0 Å². The number of aryl methyl sites for hydroxylation is 2. The predicted molar refractivity (Wildman–Crippen MR) is 79.8 cm³/mol. The Bertz CT molecular complexity index is 587. The predicted octanol–water partition coefficient (Wildman–Crippen LogP) is 3.81. The average Bonchev–Trinajstić information content (AvgIpc) is 2.82. The molecule has 0 spiro atoms. The molecule has 1 aromatic carbocycles. The van der Waals surface area contributed by atoms with Gasteiger partial charge in [-0.25, -0.2) is 0 Å². The van der Waals surface area contributed by atoms with Crippen LogP contribution in [0.5, 0.6) is 0 Å². The summed E-state index contributed by atoms with van der Waals surface area (Å²) in [5.41, 5.74) is 3.30. The van der Waals surface area contributed by atoms with Crippen molar-refractivity contribution in [3.05, 3.63) is 29.3 Å². The average molecular weight is 290 g/mol. The summed E-state index contributed by atoms with van der Waals surface area (Å²) in [4.78, 5) is 10.8. The molecule has 0 bridgehead atoms. The molecule has 0 aliphatic carbocycles. The summed E-state index contributed by atoms with van der Waals surface area (Å²) in [6.45, 7) is 5.70. The molecule has 20 heavy (non-hydrogen) atoms. The van der Waals surface area contributed by atoms with Crippen LogP contribution >= 0.6 is 11.8 Å². The number of rotatable bonds is 6. The second kappa shape index (κ2) is 6.70. The van der Waals surface area contributed by atoms with Crippen molar-refractivity contribution < 1.29 is 9.21 Å². The van der Waals surface area contributed by atoms with Crippen LogP contribution in [0.3, 0.4) is 0 Å². The molecular formula is C15H18N2O2S. The Morgan fingerprint density at radius 2 is 1.90 bits per heavy atom. The Balaban J connectivity index is 1.99. The van der Waals surface area contributed by atoms with Gasteiger partial charge in [-0.2, -0.15) is 0 Å². The van der Waals surface area contributed by atoms with Crippen LogP contribution in [-0.2, 0) is 4.79 Å². The molecule has 0 amide bonds. The maximum absolute atomic E-state index is 10.8. The van der Waals surface area contributed by atoms with Crippen molar-refractivity contribution in [2.45, 2.75) is 38.8 Å². The molecule has 106 valence electrons. The van der Waals surface area contributed by atoms with Crippen LogP contribution in [0.4, 0.5) is 0 Å². The Hall–Kier alpha value is -1.62. The Labute approximate surface area is 123 Å². The third-order valence-corrected chi connectivity index (χ3v) is 3.68. The smallest absolute Gasteiger partial charge is 0.276 e. The Kier molecular flexibility index (Phi) is 4.95. The first kappa shape index (κ1) is 14.8. The van der Waals surface area contributed by atoms with Gasteiger partial charge in [-0.3, -0.25) is 0 Å². The molecule has 0 saturated carbocycles. The highest BCUT2D eigenvalue weighted by atomic mass is 32.2. The maximum Gasteiger partial charge on any atom is 0.276 e. The number of hydrogen-bond acceptors (Lipinski definition) is 5. The lowest BCUT2D eigenvalue weighted by atomic mass is 10.1. The molecule has 0 unspecified atom stereocenters. The van der Waals surface area contributed by atoms with E-state index in [0.717, 1.165) is 17.7 Å². The van der Waals surface area contributed by atoms with Crippen LogP contribution in [0.25, 0.3) is 11.5 Å². The lowest BCUT2D eigenvalue weighted by Gasteiger charge is -2.00. The molecule has 0 N–H and O–H groups in total. The standard InChI is InChI=1S/C15H18N2O2S/c1-10-7-11(2)9-13(8-10)14-16-17-15(19-14)20-6-4-5-12(3)18/h7-9H,4-6H2,1-3H3. The number of aromatic nitrogens is 2. The zero-order valence-electron chi connectivity index (χ0n) is 12.0. The summed E-state index contributed by atoms with van der Waals surface area (Å²) < 4.78 is 5.64. The molecule has 1 heterocycles. The van der Waals surface area contributed by atoms with Crippen molar-refractivity contribution in [2.75, 3.05) is 5.75 Å². The summed E-state index contributed by atoms with van der Waals surface area (Å²) in [6.07, 6.45) is 1.44. The van der Waals surface area contributed by atoms with E-state index in [4.69, 9.17) is 4.42 Å². The number of Topliss-reactive ketones (excluding diaryl/α,β-unsaturated/α-hetero) is 1. The van der Waals surface area contributed by atoms with Gasteiger partial charge in [-0.05, 0) is 39.3 Å². The van der Waals surface area contributed by atoms with Gasteiger partial charge in [0.2, 0.25) is 5.89 Å². The van der Waals surface area contributed by atoms with E-state index < -0.39 is 0 Å². The van der Waals surface area contributed by atoms with E-state index in [1.54, 1.807) is 6.92 Å². The molecule has 2 aromatic rings. The van der Waals surface area contributed by atoms with E-state index in [1.165, 1.54) is 22.9 Å². The zero-order valence-corrected chi connectivity index (χ0v) is 12.8. The lowest BCUT2D eigenvalue weighted by molar-refractivity contribution is -0.117. The third kappa shape index (κ3) is 4.20. The monoisotopic (exact) mass is 290 g/mol. The fraction of sp³-hybridized carbons (Fsp3) is 0.400. The van der Waals surface area contributed by atoms with Crippen LogP contribution in [0, 0.1) is 13.8 Å². The lowest BCUT2D eigenvalue weighted by Crippen LogP contribution is -1.90. The molecule has 1 aromatic heterocycles. The molecule has 0 aliphatic heterocycles. The summed E-state index contributed by atoms with van der Waals surface area (Å²) in [7, 11) is 0. The topological polar surface area (TPSA) is 56.0 Å². The van der Waals surface area contributed by atoms with Gasteiger partial charge >= 0.3 is 0 Å². The van der Waals surface area contributed by atoms with Crippen LogP contribution < -0.4 is 0 Å². The number of ketones is 1. The molecule has 0 atom stereocenters. The van der Waals surface area contributed by atoms with Crippen LogP contribution in [0.2, 0.25) is 0 Å². The molecule has 2 rings (SSSR count). The highest BCUT2D eigenvalue weighted by Gasteiger charge is 2.09. The molecule has 0 aliphatic rings.